The predicted octanol–water partition coefficient (Wildman–Crippen LogP) is -1.76. The first-order valence-corrected chi connectivity index (χ1v) is 17.7. The SMILES string of the molecule is C=CCCC(=O)N(C)CC(=O)O[C@H]1C[C@H](Nc2ncnc(N)c2N)OC1COP(=O)(O)O[C@@H]1C(COP(=O)(O)O)OC(N/C=C\C(=N)N)[C@@H]1O. The number of carbonyl (C=O) groups excluding carboxylic acids is 2. The number of anilines is 3. The number of hydrogen-bond acceptors (Lipinski definition) is 18. The number of nitrogens with two attached hydrogens (primary N) is 3. The van der Waals surface area contributed by atoms with Gasteiger partial charge in [-0.3, -0.25) is 28.6 Å². The lowest BCUT2D eigenvalue weighted by molar-refractivity contribution is -0.156. The van der Waals surface area contributed by atoms with Gasteiger partial charge in [0.2, 0.25) is 5.91 Å². The third-order valence-electron chi connectivity index (χ3n) is 6.97. The molecule has 3 heterocycles. The normalized spacial score (nSPS) is 26.3. The quantitative estimate of drug-likeness (QED) is 0.0246. The van der Waals surface area contributed by atoms with Gasteiger partial charge in [0, 0.05) is 26.1 Å². The molecule has 23 nitrogen and oxygen atoms in total. The number of nitrogens with zero attached hydrogens (tertiary/aromatic N) is 3. The van der Waals surface area contributed by atoms with Gasteiger partial charge < -0.3 is 66.7 Å². The zero-order valence-corrected chi connectivity index (χ0v) is 28.4. The number of aliphatic hydroxyl groups excluding tert-OH is 1. The average Bonchev–Trinajstić information content (AvgIpc) is 3.53. The Kier molecular flexibility index (Phi) is 14.6. The number of nitrogens with one attached hydrogen (secondary N) is 3. The molecule has 50 heavy (non-hydrogen) atoms. The number of amides is 1. The average molecular weight is 754 g/mol. The van der Waals surface area contributed by atoms with Crippen molar-refractivity contribution in [2.24, 2.45) is 5.73 Å². The zero-order valence-electron chi connectivity index (χ0n) is 26.6. The van der Waals surface area contributed by atoms with Crippen LogP contribution >= 0.6 is 15.6 Å². The summed E-state index contributed by atoms with van der Waals surface area (Å²) in [4.78, 5) is 62.8. The summed E-state index contributed by atoms with van der Waals surface area (Å²) in [6.07, 6.45) is -4.35. The largest absolute Gasteiger partial charge is 0.472 e. The van der Waals surface area contributed by atoms with Gasteiger partial charge in [0.25, 0.3) is 0 Å². The second-order valence-corrected chi connectivity index (χ2v) is 13.5. The van der Waals surface area contributed by atoms with Gasteiger partial charge in [0.1, 0.15) is 61.1 Å². The third kappa shape index (κ3) is 12.5. The lowest BCUT2D eigenvalue weighted by atomic mass is 10.1. The molecule has 8 atom stereocenters. The molecule has 13 N–H and O–H groups in total. The molecule has 0 spiro atoms. The van der Waals surface area contributed by atoms with Crippen LogP contribution in [0.25, 0.3) is 0 Å². The Labute approximate surface area is 285 Å². The van der Waals surface area contributed by atoms with Crippen molar-refractivity contribution >= 4 is 50.7 Å². The van der Waals surface area contributed by atoms with Crippen LogP contribution in [0.2, 0.25) is 0 Å². The van der Waals surface area contributed by atoms with Crippen LogP contribution in [0.4, 0.5) is 17.3 Å². The van der Waals surface area contributed by atoms with Gasteiger partial charge in [-0.05, 0) is 12.5 Å². The molecule has 0 saturated carbocycles. The molecule has 3 rings (SSSR count). The van der Waals surface area contributed by atoms with E-state index < -0.39 is 84.3 Å². The number of allylic oxidation sites excluding steroid dienone is 1. The monoisotopic (exact) mass is 753 g/mol. The van der Waals surface area contributed by atoms with Crippen molar-refractivity contribution < 1.29 is 66.3 Å². The summed E-state index contributed by atoms with van der Waals surface area (Å²) in [5, 5.41) is 23.4. The summed E-state index contributed by atoms with van der Waals surface area (Å²) in [6.45, 7) is 1.49. The zero-order chi connectivity index (χ0) is 37.2. The van der Waals surface area contributed by atoms with E-state index in [1.54, 1.807) is 6.08 Å². The number of carbonyl (C=O) groups is 2. The summed E-state index contributed by atoms with van der Waals surface area (Å²) >= 11 is 0. The van der Waals surface area contributed by atoms with Crippen LogP contribution in [-0.2, 0) is 46.5 Å². The summed E-state index contributed by atoms with van der Waals surface area (Å²) in [5.41, 5.74) is 16.9. The molecule has 1 amide bonds. The van der Waals surface area contributed by atoms with Crippen molar-refractivity contribution in [1.29, 1.82) is 5.41 Å². The molecule has 2 aliphatic heterocycles. The summed E-state index contributed by atoms with van der Waals surface area (Å²) < 4.78 is 56.0. The van der Waals surface area contributed by atoms with E-state index in [0.29, 0.717) is 6.42 Å². The van der Waals surface area contributed by atoms with Gasteiger partial charge >= 0.3 is 21.6 Å². The molecule has 0 aliphatic carbocycles. The third-order valence-corrected chi connectivity index (χ3v) is 8.44. The number of ether oxygens (including phenoxy) is 3. The Hall–Kier alpha value is -3.73. The fourth-order valence-electron chi connectivity index (χ4n) is 4.56. The summed E-state index contributed by atoms with van der Waals surface area (Å²) in [7, 11) is -8.80. The number of amidine groups is 1. The highest BCUT2D eigenvalue weighted by molar-refractivity contribution is 7.47. The van der Waals surface area contributed by atoms with Crippen LogP contribution in [0.3, 0.4) is 0 Å². The van der Waals surface area contributed by atoms with Crippen LogP contribution < -0.4 is 27.8 Å². The molecule has 2 aliphatic rings. The van der Waals surface area contributed by atoms with Gasteiger partial charge in [-0.1, -0.05) is 6.08 Å². The minimum Gasteiger partial charge on any atom is -0.458 e. The molecule has 0 radical (unpaired) electrons. The van der Waals surface area contributed by atoms with Crippen LogP contribution in [0, 0.1) is 5.41 Å². The van der Waals surface area contributed by atoms with E-state index in [1.165, 1.54) is 7.05 Å². The second-order valence-electron chi connectivity index (χ2n) is 10.8. The molecular formula is C25H41N9O14P2. The van der Waals surface area contributed by atoms with Gasteiger partial charge in [0.05, 0.1) is 13.2 Å². The highest BCUT2D eigenvalue weighted by Crippen LogP contribution is 2.48. The lowest BCUT2D eigenvalue weighted by Crippen LogP contribution is -2.40. The maximum Gasteiger partial charge on any atom is 0.472 e. The maximum atomic E-state index is 13.1. The standard InChI is InChI=1S/C25H41N9O14P2/c1-3-4-5-18(35)34(2)9-19(36)46-13-8-17(33-24-20(28)23(29)31-12-32-24)45-14(13)10-44-50(41,42)48-22-15(11-43-49(38,39)40)47-25(21(22)37)30-7-6-16(26)27/h3,6-7,12-15,17,21-22,25,30,37H,1,4-5,8-11,28H2,2H3,(H3,26,27)(H,41,42)(H2,38,39,40)(H3,29,31,32,33)/b7-6-/t13-,14?,15?,17+,21+,22+,25?/m0/s1. The Morgan fingerprint density at radius 2 is 1.88 bits per heavy atom. The van der Waals surface area contributed by atoms with Gasteiger partial charge in [0.15, 0.2) is 17.9 Å². The Bertz CT molecular complexity index is 1500. The smallest absolute Gasteiger partial charge is 0.458 e. The van der Waals surface area contributed by atoms with Crippen LogP contribution in [0.15, 0.2) is 31.3 Å². The molecule has 0 aromatic carbocycles. The Morgan fingerprint density at radius 1 is 1.18 bits per heavy atom. The molecule has 1 aromatic heterocycles. The van der Waals surface area contributed by atoms with E-state index in [0.717, 1.165) is 23.5 Å². The van der Waals surface area contributed by atoms with Gasteiger partial charge in [-0.2, -0.15) is 0 Å². The molecule has 4 unspecified atom stereocenters. The number of phosphoric acid groups is 2. The molecule has 1 aromatic rings. The first-order valence-electron chi connectivity index (χ1n) is 14.7. The minimum absolute atomic E-state index is 0.00327. The lowest BCUT2D eigenvalue weighted by Gasteiger charge is -2.25. The second kappa shape index (κ2) is 18.0. The molecule has 280 valence electrons. The van der Waals surface area contributed by atoms with Crippen molar-refractivity contribution in [2.75, 3.05) is 43.6 Å². The van der Waals surface area contributed by atoms with Crippen molar-refractivity contribution in [3.05, 3.63) is 31.3 Å². The van der Waals surface area contributed by atoms with E-state index in [2.05, 4.69) is 31.7 Å². The van der Waals surface area contributed by atoms with E-state index in [9.17, 15) is 28.7 Å². The number of hydrogen-bond donors (Lipinski definition) is 10. The Morgan fingerprint density at radius 3 is 2.54 bits per heavy atom. The number of phosphoric ester groups is 2. The minimum atomic E-state index is -5.16. The Balaban J connectivity index is 1.73. The van der Waals surface area contributed by atoms with Crippen molar-refractivity contribution in [2.45, 2.75) is 62.2 Å². The number of aromatic nitrogens is 2. The van der Waals surface area contributed by atoms with Gasteiger partial charge in [-0.25, -0.2) is 19.1 Å². The molecule has 0 bridgehead atoms. The fraction of sp³-hybridized carbons (Fsp3) is 0.560. The molecule has 25 heteroatoms. The van der Waals surface area contributed by atoms with Crippen molar-refractivity contribution in [3.63, 3.8) is 0 Å². The number of esters is 1. The van der Waals surface area contributed by atoms with E-state index in [1.807, 2.05) is 0 Å². The first kappa shape index (κ1) is 40.7. The number of likely N-dealkylation sites (N-methyl/N-ethyl adjacent to an activating group) is 1. The number of rotatable bonds is 19. The topological polar surface area (TPSA) is 360 Å². The van der Waals surface area contributed by atoms with Crippen LogP contribution in [-0.4, -0.2) is 122 Å². The highest BCUT2D eigenvalue weighted by Gasteiger charge is 2.49. The molecule has 2 saturated heterocycles. The summed E-state index contributed by atoms with van der Waals surface area (Å²) in [6, 6.07) is 0. The molecule has 2 fully saturated rings. The van der Waals surface area contributed by atoms with E-state index >= 15 is 0 Å². The van der Waals surface area contributed by atoms with E-state index in [-0.39, 0.29) is 41.9 Å². The van der Waals surface area contributed by atoms with Crippen molar-refractivity contribution in [3.8, 4) is 0 Å². The highest BCUT2D eigenvalue weighted by atomic mass is 31.2. The number of aliphatic hydroxyl groups is 1. The summed E-state index contributed by atoms with van der Waals surface area (Å²) in [5.74, 6) is -1.48. The van der Waals surface area contributed by atoms with Gasteiger partial charge in [-0.15, -0.1) is 6.58 Å². The molecular weight excluding hydrogens is 712 g/mol. The predicted molar refractivity (Wildman–Crippen MR) is 172 cm³/mol. The first-order chi connectivity index (χ1) is 23.4. The maximum absolute atomic E-state index is 13.1. The van der Waals surface area contributed by atoms with Crippen molar-refractivity contribution in [1.82, 2.24) is 20.2 Å². The van der Waals surface area contributed by atoms with Crippen LogP contribution in [0.1, 0.15) is 19.3 Å². The van der Waals surface area contributed by atoms with Crippen LogP contribution in [0.5, 0.6) is 0 Å². The number of nitrogen functional groups attached to an aromatic ring is 2. The van der Waals surface area contributed by atoms with E-state index in [4.69, 9.17) is 55.7 Å². The fourth-order valence-corrected chi connectivity index (χ4v) is 5.86.